The van der Waals surface area contributed by atoms with E-state index < -0.39 is 16.6 Å². The summed E-state index contributed by atoms with van der Waals surface area (Å²) in [7, 11) is 0. The predicted octanol–water partition coefficient (Wildman–Crippen LogP) is 3.26. The Morgan fingerprint density at radius 2 is 1.95 bits per heavy atom. The molecule has 106 valence electrons. The van der Waals surface area contributed by atoms with Gasteiger partial charge < -0.3 is 0 Å². The van der Waals surface area contributed by atoms with Crippen LogP contribution in [0.15, 0.2) is 41.5 Å². The van der Waals surface area contributed by atoms with Crippen molar-refractivity contribution in [3.05, 3.63) is 73.6 Å². The number of ketones is 1. The number of rotatable bonds is 2. The number of azide groups is 1. The van der Waals surface area contributed by atoms with Crippen LogP contribution in [0.1, 0.15) is 26.3 Å². The zero-order valence-corrected chi connectivity index (χ0v) is 10.9. The highest BCUT2D eigenvalue weighted by Gasteiger charge is 2.32. The topological polar surface area (TPSA) is 126 Å². The van der Waals surface area contributed by atoms with Crippen LogP contribution in [0.25, 0.3) is 21.6 Å². The monoisotopic (exact) mass is 294 g/mol. The smallest absolute Gasteiger partial charge is 0.270 e. The highest BCUT2D eigenvalue weighted by atomic mass is 16.6. The number of hydrogen-bond acceptors (Lipinski definition) is 4. The van der Waals surface area contributed by atoms with Crippen molar-refractivity contribution in [1.82, 2.24) is 0 Å². The van der Waals surface area contributed by atoms with Gasteiger partial charge in [-0.1, -0.05) is 18.2 Å². The number of benzene rings is 2. The number of fused-ring (bicyclic) bond motifs is 3. The molecule has 0 aliphatic heterocycles. The molecule has 1 amide bonds. The minimum Gasteiger partial charge on any atom is -0.289 e. The summed E-state index contributed by atoms with van der Waals surface area (Å²) < 4.78 is 0. The Hall–Kier alpha value is -3.51. The standard InChI is InChI=1S/C14H6N4O4/c15-17-16-14(20)10-3-1-2-9-8-5-4-7(18(21)22)6-11(8)13(19)12(9)10/h1-6H. The average molecular weight is 294 g/mol. The van der Waals surface area contributed by atoms with Crippen LogP contribution in [0.3, 0.4) is 0 Å². The van der Waals surface area contributed by atoms with E-state index in [2.05, 4.69) is 10.0 Å². The zero-order chi connectivity index (χ0) is 15.9. The second kappa shape index (κ2) is 4.80. The van der Waals surface area contributed by atoms with Crippen LogP contribution >= 0.6 is 0 Å². The van der Waals surface area contributed by atoms with Crippen LogP contribution in [0.2, 0.25) is 0 Å². The van der Waals surface area contributed by atoms with E-state index in [1.165, 1.54) is 24.3 Å². The summed E-state index contributed by atoms with van der Waals surface area (Å²) in [6.45, 7) is 0. The van der Waals surface area contributed by atoms with Crippen molar-refractivity contribution < 1.29 is 14.5 Å². The molecule has 0 unspecified atom stereocenters. The van der Waals surface area contributed by atoms with E-state index in [-0.39, 0.29) is 22.4 Å². The summed E-state index contributed by atoms with van der Waals surface area (Å²) in [6.07, 6.45) is 0. The first-order chi connectivity index (χ1) is 10.5. The molecule has 0 radical (unpaired) electrons. The lowest BCUT2D eigenvalue weighted by Crippen LogP contribution is -2.05. The average Bonchev–Trinajstić information content (AvgIpc) is 2.80. The molecule has 0 aromatic heterocycles. The van der Waals surface area contributed by atoms with Crippen molar-refractivity contribution in [2.24, 2.45) is 5.11 Å². The molecule has 0 saturated heterocycles. The number of nitro groups is 1. The zero-order valence-electron chi connectivity index (χ0n) is 10.9. The molecule has 22 heavy (non-hydrogen) atoms. The maximum atomic E-state index is 12.5. The molecule has 1 aliphatic rings. The number of carbonyl (C=O) groups excluding carboxylic acids is 2. The van der Waals surface area contributed by atoms with Gasteiger partial charge in [0.05, 0.1) is 4.92 Å². The molecule has 2 aromatic carbocycles. The molecule has 0 N–H and O–H groups in total. The maximum Gasteiger partial charge on any atom is 0.270 e. The van der Waals surface area contributed by atoms with Crippen molar-refractivity contribution in [2.45, 2.75) is 0 Å². The van der Waals surface area contributed by atoms with Gasteiger partial charge in [-0.25, -0.2) is 0 Å². The molecular formula is C14H6N4O4. The van der Waals surface area contributed by atoms with Gasteiger partial charge in [-0.05, 0) is 27.8 Å². The number of non-ortho nitro benzene ring substituents is 1. The minimum absolute atomic E-state index is 0.0147. The van der Waals surface area contributed by atoms with Gasteiger partial charge >= 0.3 is 0 Å². The van der Waals surface area contributed by atoms with Crippen molar-refractivity contribution in [2.75, 3.05) is 0 Å². The Morgan fingerprint density at radius 1 is 1.18 bits per heavy atom. The molecule has 2 aromatic rings. The van der Waals surface area contributed by atoms with Crippen molar-refractivity contribution in [3.8, 4) is 11.1 Å². The molecule has 0 spiro atoms. The van der Waals surface area contributed by atoms with Crippen LogP contribution in [0.5, 0.6) is 0 Å². The second-order valence-electron chi connectivity index (χ2n) is 4.54. The Kier molecular flexibility index (Phi) is 2.94. The van der Waals surface area contributed by atoms with E-state index in [1.54, 1.807) is 12.1 Å². The SMILES string of the molecule is [N-]=[N+]=NC(=O)c1cccc2c1C(=O)c1cc([N+](=O)[O-])ccc1-2. The summed E-state index contributed by atoms with van der Waals surface area (Å²) in [6, 6.07) is 8.52. The van der Waals surface area contributed by atoms with Crippen LogP contribution in [0.4, 0.5) is 5.69 Å². The lowest BCUT2D eigenvalue weighted by Gasteiger charge is -2.03. The third kappa shape index (κ3) is 1.83. The van der Waals surface area contributed by atoms with Gasteiger partial charge in [0.2, 0.25) is 5.91 Å². The first kappa shape index (κ1) is 13.5. The third-order valence-corrected chi connectivity index (χ3v) is 3.41. The number of nitrogens with zero attached hydrogens (tertiary/aromatic N) is 4. The van der Waals surface area contributed by atoms with E-state index in [4.69, 9.17) is 5.53 Å². The highest BCUT2D eigenvalue weighted by molar-refractivity contribution is 6.26. The van der Waals surface area contributed by atoms with Crippen LogP contribution < -0.4 is 0 Å². The largest absolute Gasteiger partial charge is 0.289 e. The maximum absolute atomic E-state index is 12.5. The number of nitro benzene ring substituents is 1. The van der Waals surface area contributed by atoms with E-state index in [1.807, 2.05) is 0 Å². The number of carbonyl (C=O) groups is 2. The summed E-state index contributed by atoms with van der Waals surface area (Å²) in [5.74, 6) is -1.36. The van der Waals surface area contributed by atoms with Crippen molar-refractivity contribution in [1.29, 1.82) is 0 Å². The van der Waals surface area contributed by atoms with Gasteiger partial charge in [0, 0.05) is 33.7 Å². The lowest BCUT2D eigenvalue weighted by atomic mass is 10.0. The van der Waals surface area contributed by atoms with Gasteiger partial charge in [-0.15, -0.1) is 0 Å². The van der Waals surface area contributed by atoms with E-state index >= 15 is 0 Å². The fraction of sp³-hybridized carbons (Fsp3) is 0. The second-order valence-corrected chi connectivity index (χ2v) is 4.54. The Morgan fingerprint density at radius 3 is 2.64 bits per heavy atom. The van der Waals surface area contributed by atoms with Gasteiger partial charge in [-0.2, -0.15) is 0 Å². The molecule has 0 heterocycles. The minimum atomic E-state index is -0.866. The molecule has 0 saturated carbocycles. The van der Waals surface area contributed by atoms with E-state index in [9.17, 15) is 19.7 Å². The number of amides is 1. The van der Waals surface area contributed by atoms with Gasteiger partial charge in [0.25, 0.3) is 5.69 Å². The third-order valence-electron chi connectivity index (χ3n) is 3.41. The van der Waals surface area contributed by atoms with Crippen LogP contribution in [-0.4, -0.2) is 16.6 Å². The Labute approximate surface area is 122 Å². The predicted molar refractivity (Wildman–Crippen MR) is 75.4 cm³/mol. The Bertz CT molecular complexity index is 913. The van der Waals surface area contributed by atoms with Crippen molar-refractivity contribution >= 4 is 17.4 Å². The molecule has 0 fully saturated rings. The molecule has 0 atom stereocenters. The van der Waals surface area contributed by atoms with E-state index in [0.29, 0.717) is 11.1 Å². The Balaban J connectivity index is 2.25. The molecule has 8 heteroatoms. The van der Waals surface area contributed by atoms with Crippen LogP contribution in [-0.2, 0) is 0 Å². The molecule has 3 rings (SSSR count). The normalized spacial score (nSPS) is 11.4. The molecular weight excluding hydrogens is 288 g/mol. The number of hydrogen-bond donors (Lipinski definition) is 0. The lowest BCUT2D eigenvalue weighted by molar-refractivity contribution is -0.384. The van der Waals surface area contributed by atoms with Gasteiger partial charge in [-0.3, -0.25) is 19.7 Å². The van der Waals surface area contributed by atoms with Crippen LogP contribution in [0, 0.1) is 10.1 Å². The summed E-state index contributed by atoms with van der Waals surface area (Å²) in [5.41, 5.74) is 9.41. The first-order valence-electron chi connectivity index (χ1n) is 6.10. The summed E-state index contributed by atoms with van der Waals surface area (Å²) in [5, 5.41) is 13.8. The van der Waals surface area contributed by atoms with Gasteiger partial charge in [0.1, 0.15) is 0 Å². The fourth-order valence-corrected chi connectivity index (χ4v) is 2.50. The molecule has 8 nitrogen and oxygen atoms in total. The highest BCUT2D eigenvalue weighted by Crippen LogP contribution is 2.39. The summed E-state index contributed by atoms with van der Waals surface area (Å²) >= 11 is 0. The summed E-state index contributed by atoms with van der Waals surface area (Å²) in [4.78, 5) is 36.9. The van der Waals surface area contributed by atoms with Crippen molar-refractivity contribution in [3.63, 3.8) is 0 Å². The quantitative estimate of drug-likeness (QED) is 0.236. The van der Waals surface area contributed by atoms with Gasteiger partial charge in [0.15, 0.2) is 5.78 Å². The first-order valence-corrected chi connectivity index (χ1v) is 6.10. The molecule has 1 aliphatic carbocycles. The molecule has 0 bridgehead atoms. The fourth-order valence-electron chi connectivity index (χ4n) is 2.50. The van der Waals surface area contributed by atoms with E-state index in [0.717, 1.165) is 0 Å².